The number of halogens is 1. The molecule has 7 heteroatoms. The molecule has 0 aliphatic heterocycles. The van der Waals surface area contributed by atoms with Gasteiger partial charge in [0.2, 0.25) is 0 Å². The zero-order valence-corrected chi connectivity index (χ0v) is 8.23. The normalized spacial score (nSPS) is 13.1. The van der Waals surface area contributed by atoms with Crippen LogP contribution in [0.15, 0.2) is 12.4 Å². The van der Waals surface area contributed by atoms with Crippen LogP contribution < -0.4 is 5.73 Å². The zero-order chi connectivity index (χ0) is 10.1. The topological polar surface area (TPSA) is 85.4 Å². The van der Waals surface area contributed by atoms with Crippen molar-refractivity contribution in [3.8, 4) is 0 Å². The van der Waals surface area contributed by atoms with Gasteiger partial charge >= 0.3 is 0 Å². The van der Waals surface area contributed by atoms with Gasteiger partial charge in [0.15, 0.2) is 0 Å². The molecule has 0 aromatic carbocycles. The van der Waals surface area contributed by atoms with Crippen LogP contribution in [0, 0.1) is 0 Å². The summed E-state index contributed by atoms with van der Waals surface area (Å²) in [5.41, 5.74) is 7.30. The van der Waals surface area contributed by atoms with E-state index in [4.69, 9.17) is 17.3 Å². The number of nitrogens with one attached hydrogen (secondary N) is 1. The Balaban J connectivity index is 2.41. The molecule has 2 heterocycles. The van der Waals surface area contributed by atoms with Crippen molar-refractivity contribution in [3.05, 3.63) is 28.8 Å². The van der Waals surface area contributed by atoms with Crippen LogP contribution in [0.5, 0.6) is 0 Å². The standard InChI is InChI=1S/C7H9ClN6/c1-14-7(4(8)2-11-14)6(9)5-3-10-13-12-5/h2-3,6H,9H2,1H3,(H,10,12,13). The Labute approximate surface area is 85.1 Å². The van der Waals surface area contributed by atoms with Crippen LogP contribution in [0.3, 0.4) is 0 Å². The van der Waals surface area contributed by atoms with Crippen molar-refractivity contribution in [2.45, 2.75) is 6.04 Å². The third-order valence-electron chi connectivity index (χ3n) is 1.98. The number of aromatic amines is 1. The van der Waals surface area contributed by atoms with Gasteiger partial charge in [0, 0.05) is 7.05 Å². The Kier molecular flexibility index (Phi) is 2.22. The number of aromatic nitrogens is 5. The van der Waals surface area contributed by atoms with Crippen LogP contribution in [-0.2, 0) is 7.05 Å². The van der Waals surface area contributed by atoms with Crippen molar-refractivity contribution in [1.29, 1.82) is 0 Å². The first-order valence-corrected chi connectivity index (χ1v) is 4.36. The van der Waals surface area contributed by atoms with E-state index in [0.29, 0.717) is 10.7 Å². The number of rotatable bonds is 2. The fourth-order valence-electron chi connectivity index (χ4n) is 1.27. The van der Waals surface area contributed by atoms with E-state index in [0.717, 1.165) is 5.69 Å². The van der Waals surface area contributed by atoms with E-state index in [2.05, 4.69) is 20.5 Å². The molecule has 0 saturated carbocycles. The van der Waals surface area contributed by atoms with Gasteiger partial charge in [-0.25, -0.2) is 0 Å². The molecule has 2 aromatic heterocycles. The fourth-order valence-corrected chi connectivity index (χ4v) is 1.55. The summed E-state index contributed by atoms with van der Waals surface area (Å²) in [7, 11) is 1.78. The SMILES string of the molecule is Cn1ncc(Cl)c1C(N)c1cn[nH]n1. The van der Waals surface area contributed by atoms with Crippen molar-refractivity contribution in [1.82, 2.24) is 25.2 Å². The van der Waals surface area contributed by atoms with Gasteiger partial charge in [0.25, 0.3) is 0 Å². The van der Waals surface area contributed by atoms with E-state index >= 15 is 0 Å². The molecule has 0 amide bonds. The van der Waals surface area contributed by atoms with Gasteiger partial charge in [-0.05, 0) is 0 Å². The number of nitrogens with two attached hydrogens (primary N) is 1. The van der Waals surface area contributed by atoms with E-state index in [1.165, 1.54) is 0 Å². The Bertz CT molecular complexity index is 400. The quantitative estimate of drug-likeness (QED) is 0.747. The summed E-state index contributed by atoms with van der Waals surface area (Å²) < 4.78 is 1.63. The van der Waals surface area contributed by atoms with E-state index in [-0.39, 0.29) is 0 Å². The van der Waals surface area contributed by atoms with Gasteiger partial charge in [0.05, 0.1) is 29.2 Å². The van der Waals surface area contributed by atoms with Crippen molar-refractivity contribution in [3.63, 3.8) is 0 Å². The van der Waals surface area contributed by atoms with Gasteiger partial charge in [0.1, 0.15) is 5.69 Å². The molecule has 0 aliphatic rings. The molecular weight excluding hydrogens is 204 g/mol. The molecule has 74 valence electrons. The minimum Gasteiger partial charge on any atom is -0.318 e. The molecule has 3 N–H and O–H groups in total. The number of hydrogen-bond donors (Lipinski definition) is 2. The summed E-state index contributed by atoms with van der Waals surface area (Å²) in [6.07, 6.45) is 3.12. The maximum Gasteiger partial charge on any atom is 0.105 e. The monoisotopic (exact) mass is 212 g/mol. The number of nitrogens with zero attached hydrogens (tertiary/aromatic N) is 4. The van der Waals surface area contributed by atoms with Crippen LogP contribution in [-0.4, -0.2) is 25.2 Å². The minimum absolute atomic E-state index is 0.409. The molecule has 14 heavy (non-hydrogen) atoms. The molecule has 2 rings (SSSR count). The molecular formula is C7H9ClN6. The second-order valence-corrected chi connectivity index (χ2v) is 3.28. The van der Waals surface area contributed by atoms with E-state index in [1.807, 2.05) is 0 Å². The highest BCUT2D eigenvalue weighted by molar-refractivity contribution is 6.31. The molecule has 1 atom stereocenters. The van der Waals surface area contributed by atoms with Crippen LogP contribution in [0.2, 0.25) is 5.02 Å². The zero-order valence-electron chi connectivity index (χ0n) is 7.48. The highest BCUT2D eigenvalue weighted by Gasteiger charge is 2.18. The molecule has 2 aromatic rings. The van der Waals surface area contributed by atoms with Crippen molar-refractivity contribution >= 4 is 11.6 Å². The molecule has 0 spiro atoms. The highest BCUT2D eigenvalue weighted by atomic mass is 35.5. The summed E-state index contributed by atoms with van der Waals surface area (Å²) in [6, 6.07) is -0.409. The Hall–Kier alpha value is -1.40. The van der Waals surface area contributed by atoms with Gasteiger partial charge in [-0.15, -0.1) is 0 Å². The lowest BCUT2D eigenvalue weighted by molar-refractivity contribution is 0.662. The average Bonchev–Trinajstić information content (AvgIpc) is 2.75. The third kappa shape index (κ3) is 1.38. The van der Waals surface area contributed by atoms with Crippen molar-refractivity contribution < 1.29 is 0 Å². The van der Waals surface area contributed by atoms with Crippen molar-refractivity contribution in [2.24, 2.45) is 12.8 Å². The molecule has 0 bridgehead atoms. The number of aryl methyl sites for hydroxylation is 1. The van der Waals surface area contributed by atoms with Gasteiger partial charge < -0.3 is 5.73 Å². The number of hydrogen-bond acceptors (Lipinski definition) is 4. The minimum atomic E-state index is -0.409. The van der Waals surface area contributed by atoms with E-state index in [1.54, 1.807) is 24.1 Å². The maximum absolute atomic E-state index is 5.94. The average molecular weight is 213 g/mol. The smallest absolute Gasteiger partial charge is 0.105 e. The molecule has 0 fully saturated rings. The molecule has 1 unspecified atom stereocenters. The van der Waals surface area contributed by atoms with Crippen LogP contribution in [0.4, 0.5) is 0 Å². The molecule has 0 aliphatic carbocycles. The summed E-state index contributed by atoms with van der Waals surface area (Å²) in [5, 5.41) is 14.6. The lowest BCUT2D eigenvalue weighted by Gasteiger charge is -2.08. The Morgan fingerprint density at radius 1 is 1.57 bits per heavy atom. The van der Waals surface area contributed by atoms with Crippen molar-refractivity contribution in [2.75, 3.05) is 0 Å². The fraction of sp³-hybridized carbons (Fsp3) is 0.286. The summed E-state index contributed by atoms with van der Waals surface area (Å²) in [5.74, 6) is 0. The largest absolute Gasteiger partial charge is 0.318 e. The molecule has 0 saturated heterocycles. The molecule has 6 nitrogen and oxygen atoms in total. The first-order valence-electron chi connectivity index (χ1n) is 3.99. The van der Waals surface area contributed by atoms with Gasteiger partial charge in [-0.1, -0.05) is 11.6 Å². The highest BCUT2D eigenvalue weighted by Crippen LogP contribution is 2.23. The predicted octanol–water partition coefficient (Wildman–Crippen LogP) is 0.240. The van der Waals surface area contributed by atoms with Gasteiger partial charge in [-0.3, -0.25) is 4.68 Å². The third-order valence-corrected chi connectivity index (χ3v) is 2.28. The lowest BCUT2D eigenvalue weighted by Crippen LogP contribution is -2.16. The first kappa shape index (κ1) is 9.17. The van der Waals surface area contributed by atoms with E-state index < -0.39 is 6.04 Å². The van der Waals surface area contributed by atoms with E-state index in [9.17, 15) is 0 Å². The summed E-state index contributed by atoms with van der Waals surface area (Å²) in [6.45, 7) is 0. The predicted molar refractivity (Wildman–Crippen MR) is 50.6 cm³/mol. The Morgan fingerprint density at radius 2 is 2.36 bits per heavy atom. The lowest BCUT2D eigenvalue weighted by atomic mass is 10.2. The second-order valence-electron chi connectivity index (χ2n) is 2.87. The first-order chi connectivity index (χ1) is 6.70. The van der Waals surface area contributed by atoms with Crippen LogP contribution >= 0.6 is 11.6 Å². The summed E-state index contributed by atoms with van der Waals surface area (Å²) >= 11 is 5.94. The second kappa shape index (κ2) is 3.39. The Morgan fingerprint density at radius 3 is 2.86 bits per heavy atom. The van der Waals surface area contributed by atoms with Crippen LogP contribution in [0.1, 0.15) is 17.4 Å². The van der Waals surface area contributed by atoms with Gasteiger partial charge in [-0.2, -0.15) is 20.5 Å². The number of H-pyrrole nitrogens is 1. The van der Waals surface area contributed by atoms with Crippen LogP contribution in [0.25, 0.3) is 0 Å². The maximum atomic E-state index is 5.94. The molecule has 0 radical (unpaired) electrons. The summed E-state index contributed by atoms with van der Waals surface area (Å²) in [4.78, 5) is 0.